The summed E-state index contributed by atoms with van der Waals surface area (Å²) in [6.45, 7) is 2.46. The highest BCUT2D eigenvalue weighted by Crippen LogP contribution is 2.56. The van der Waals surface area contributed by atoms with Crippen LogP contribution >= 0.6 is 0 Å². The molecule has 1 amide bonds. The van der Waals surface area contributed by atoms with Gasteiger partial charge in [0.05, 0.1) is 11.5 Å². The molecule has 1 saturated heterocycles. The lowest BCUT2D eigenvalue weighted by Gasteiger charge is -2.39. The predicted octanol–water partition coefficient (Wildman–Crippen LogP) is 2.62. The van der Waals surface area contributed by atoms with Gasteiger partial charge < -0.3 is 15.2 Å². The molecule has 0 radical (unpaired) electrons. The number of fused-ring (bicyclic) bond motifs is 1. The van der Waals surface area contributed by atoms with Gasteiger partial charge in [0.2, 0.25) is 5.91 Å². The SMILES string of the molecule is N#CC1CC[C@H](CNC(=O)C2CCN(c3ncnc4[nH]ccc34)CC23CC3)C1. The summed E-state index contributed by atoms with van der Waals surface area (Å²) in [4.78, 5) is 27.3. The fourth-order valence-corrected chi connectivity index (χ4v) is 5.27. The number of aromatic nitrogens is 3. The fraction of sp³-hybridized carbons (Fsp3) is 0.619. The Kier molecular flexibility index (Phi) is 4.22. The molecule has 3 heterocycles. The molecule has 0 aromatic carbocycles. The molecule has 3 aliphatic rings. The maximum Gasteiger partial charge on any atom is 0.223 e. The van der Waals surface area contributed by atoms with Gasteiger partial charge in [0.1, 0.15) is 17.8 Å². The second-order valence-corrected chi connectivity index (χ2v) is 8.81. The standard InChI is InChI=1S/C21H26N6O/c22-10-14-1-2-15(9-14)11-24-20(28)17-4-8-27(12-21(17)5-6-21)19-16-3-7-23-18(16)25-13-26-19/h3,7,13-15,17H,1-2,4-6,8-9,11-12H2,(H,24,28)(H,23,25,26)/t14?,15-,17?/m0/s1. The molecule has 2 N–H and O–H groups in total. The van der Waals surface area contributed by atoms with Crippen LogP contribution in [0.15, 0.2) is 18.6 Å². The lowest BCUT2D eigenvalue weighted by atomic mass is 9.81. The van der Waals surface area contributed by atoms with E-state index < -0.39 is 0 Å². The quantitative estimate of drug-likeness (QED) is 0.852. The minimum Gasteiger partial charge on any atom is -0.356 e. The molecule has 1 spiro atoms. The van der Waals surface area contributed by atoms with Crippen molar-refractivity contribution < 1.29 is 4.79 Å². The smallest absolute Gasteiger partial charge is 0.223 e. The van der Waals surface area contributed by atoms with E-state index in [0.29, 0.717) is 5.92 Å². The monoisotopic (exact) mass is 378 g/mol. The second kappa shape index (κ2) is 6.77. The van der Waals surface area contributed by atoms with Gasteiger partial charge in [0, 0.05) is 37.7 Å². The molecule has 2 saturated carbocycles. The van der Waals surface area contributed by atoms with Crippen molar-refractivity contribution in [2.24, 2.45) is 23.2 Å². The number of amides is 1. The van der Waals surface area contributed by atoms with Crippen molar-refractivity contribution in [1.82, 2.24) is 20.3 Å². The van der Waals surface area contributed by atoms with Crippen molar-refractivity contribution >= 4 is 22.8 Å². The molecule has 7 nitrogen and oxygen atoms in total. The number of hydrogen-bond acceptors (Lipinski definition) is 5. The van der Waals surface area contributed by atoms with Gasteiger partial charge in [-0.2, -0.15) is 5.26 Å². The summed E-state index contributed by atoms with van der Waals surface area (Å²) in [5, 5.41) is 13.3. The summed E-state index contributed by atoms with van der Waals surface area (Å²) in [7, 11) is 0. The highest BCUT2D eigenvalue weighted by Gasteiger charge is 2.55. The average molecular weight is 378 g/mol. The summed E-state index contributed by atoms with van der Waals surface area (Å²) >= 11 is 0. The lowest BCUT2D eigenvalue weighted by molar-refractivity contribution is -0.128. The summed E-state index contributed by atoms with van der Waals surface area (Å²) in [6.07, 6.45) is 9.58. The van der Waals surface area contributed by atoms with Crippen LogP contribution in [0.25, 0.3) is 11.0 Å². The molecule has 5 rings (SSSR count). The molecule has 1 aliphatic heterocycles. The summed E-state index contributed by atoms with van der Waals surface area (Å²) in [6, 6.07) is 4.40. The van der Waals surface area contributed by atoms with Gasteiger partial charge in [-0.25, -0.2) is 9.97 Å². The van der Waals surface area contributed by atoms with Gasteiger partial charge in [-0.15, -0.1) is 0 Å². The van der Waals surface area contributed by atoms with E-state index in [1.807, 2.05) is 12.3 Å². The van der Waals surface area contributed by atoms with Crippen LogP contribution in [0, 0.1) is 34.5 Å². The van der Waals surface area contributed by atoms with Crippen LogP contribution in [0.5, 0.6) is 0 Å². The molecule has 3 atom stereocenters. The first-order valence-electron chi connectivity index (χ1n) is 10.4. The van der Waals surface area contributed by atoms with Gasteiger partial charge in [-0.05, 0) is 55.9 Å². The molecule has 2 aromatic heterocycles. The lowest BCUT2D eigenvalue weighted by Crippen LogP contribution is -2.48. The van der Waals surface area contributed by atoms with E-state index in [1.54, 1.807) is 6.33 Å². The zero-order valence-corrected chi connectivity index (χ0v) is 16.0. The Labute approximate surface area is 164 Å². The number of anilines is 1. The van der Waals surface area contributed by atoms with Crippen LogP contribution in [0.2, 0.25) is 0 Å². The molecule has 2 aromatic rings. The Bertz CT molecular complexity index is 926. The van der Waals surface area contributed by atoms with E-state index in [0.717, 1.165) is 75.0 Å². The maximum absolute atomic E-state index is 13.0. The highest BCUT2D eigenvalue weighted by atomic mass is 16.1. The zero-order chi connectivity index (χ0) is 19.1. The van der Waals surface area contributed by atoms with E-state index >= 15 is 0 Å². The first-order valence-corrected chi connectivity index (χ1v) is 10.4. The number of piperidine rings is 1. The van der Waals surface area contributed by atoms with E-state index in [2.05, 4.69) is 31.2 Å². The Morgan fingerprint density at radius 2 is 2.25 bits per heavy atom. The molecule has 2 aliphatic carbocycles. The molecule has 0 bridgehead atoms. The first kappa shape index (κ1) is 17.5. The zero-order valence-electron chi connectivity index (χ0n) is 16.0. The van der Waals surface area contributed by atoms with E-state index in [9.17, 15) is 4.79 Å². The predicted molar refractivity (Wildman–Crippen MR) is 105 cm³/mol. The van der Waals surface area contributed by atoms with Crippen molar-refractivity contribution in [3.63, 3.8) is 0 Å². The Balaban J connectivity index is 1.24. The van der Waals surface area contributed by atoms with Crippen molar-refractivity contribution in [3.05, 3.63) is 18.6 Å². The molecular formula is C21H26N6O. The summed E-state index contributed by atoms with van der Waals surface area (Å²) < 4.78 is 0. The maximum atomic E-state index is 13.0. The number of hydrogen-bond donors (Lipinski definition) is 2. The van der Waals surface area contributed by atoms with Crippen molar-refractivity contribution in [2.45, 2.75) is 38.5 Å². The number of aromatic amines is 1. The van der Waals surface area contributed by atoms with Crippen molar-refractivity contribution in [2.75, 3.05) is 24.5 Å². The van der Waals surface area contributed by atoms with Crippen LogP contribution in [0.3, 0.4) is 0 Å². The normalized spacial score (nSPS) is 28.4. The van der Waals surface area contributed by atoms with E-state index in [1.165, 1.54) is 0 Å². The number of nitrogens with one attached hydrogen (secondary N) is 2. The number of nitrogens with zero attached hydrogens (tertiary/aromatic N) is 4. The Hall–Kier alpha value is -2.62. The van der Waals surface area contributed by atoms with Gasteiger partial charge in [0.15, 0.2) is 0 Å². The van der Waals surface area contributed by atoms with E-state index in [4.69, 9.17) is 5.26 Å². The molecule has 7 heteroatoms. The van der Waals surface area contributed by atoms with Crippen LogP contribution in [0.1, 0.15) is 38.5 Å². The summed E-state index contributed by atoms with van der Waals surface area (Å²) in [5.41, 5.74) is 0.961. The van der Waals surface area contributed by atoms with Crippen LogP contribution in [-0.4, -0.2) is 40.5 Å². The number of H-pyrrole nitrogens is 1. The van der Waals surface area contributed by atoms with Gasteiger partial charge in [0.25, 0.3) is 0 Å². The average Bonchev–Trinajstić information content (AvgIpc) is 3.13. The fourth-order valence-electron chi connectivity index (χ4n) is 5.27. The number of carbonyl (C=O) groups is 1. The van der Waals surface area contributed by atoms with Crippen LogP contribution in [-0.2, 0) is 4.79 Å². The molecule has 28 heavy (non-hydrogen) atoms. The molecule has 3 fully saturated rings. The largest absolute Gasteiger partial charge is 0.356 e. The second-order valence-electron chi connectivity index (χ2n) is 8.81. The third-order valence-corrected chi connectivity index (χ3v) is 7.06. The number of carbonyl (C=O) groups excluding carboxylic acids is 1. The number of rotatable bonds is 4. The van der Waals surface area contributed by atoms with Crippen LogP contribution in [0.4, 0.5) is 5.82 Å². The third-order valence-electron chi connectivity index (χ3n) is 7.06. The highest BCUT2D eigenvalue weighted by molar-refractivity contribution is 5.87. The minimum atomic E-state index is 0.0977. The molecular weight excluding hydrogens is 352 g/mol. The Morgan fingerprint density at radius 1 is 1.36 bits per heavy atom. The van der Waals surface area contributed by atoms with Crippen molar-refractivity contribution in [3.8, 4) is 6.07 Å². The number of nitriles is 1. The summed E-state index contributed by atoms with van der Waals surface area (Å²) in [5.74, 6) is 1.93. The molecule has 146 valence electrons. The third kappa shape index (κ3) is 3.01. The topological polar surface area (TPSA) is 97.7 Å². The van der Waals surface area contributed by atoms with Gasteiger partial charge in [-0.3, -0.25) is 4.79 Å². The van der Waals surface area contributed by atoms with Gasteiger partial charge >= 0.3 is 0 Å². The van der Waals surface area contributed by atoms with Gasteiger partial charge in [-0.1, -0.05) is 0 Å². The van der Waals surface area contributed by atoms with Crippen LogP contribution < -0.4 is 10.2 Å². The Morgan fingerprint density at radius 3 is 3.04 bits per heavy atom. The first-order chi connectivity index (χ1) is 13.7. The van der Waals surface area contributed by atoms with E-state index in [-0.39, 0.29) is 23.2 Å². The molecule has 2 unspecified atom stereocenters. The van der Waals surface area contributed by atoms with Crippen molar-refractivity contribution in [1.29, 1.82) is 5.26 Å². The minimum absolute atomic E-state index is 0.0977.